The molecule has 3 aliphatic heterocycles. The molecule has 0 spiro atoms. The van der Waals surface area contributed by atoms with E-state index >= 15 is 0 Å². The first kappa shape index (κ1) is 28.5. The minimum atomic E-state index is -2.14. The van der Waals surface area contributed by atoms with E-state index in [4.69, 9.17) is 18.9 Å². The largest absolute Gasteiger partial charge is 0.452 e. The van der Waals surface area contributed by atoms with Crippen molar-refractivity contribution in [3.8, 4) is 46.0 Å². The number of benzene rings is 7. The standard InChI is InChI=1S/C43H28O4S2/c1-3-15-28(16-4-1)27-29-17-7-8-20-31(29)44-38-40-43-41(39-42(38)48-35-24-12-9-21-32(35)45-39)47-34-23-11-14-26-37(34)49(43,30-18-5-2-6-19-30)36-25-13-10-22-33(36)46-40/h1-26H,27H2. The molecule has 0 N–H and O–H groups in total. The number of fused-ring (bicyclic) bond motifs is 7. The molecule has 10 rings (SSSR count). The van der Waals surface area contributed by atoms with Crippen molar-refractivity contribution in [1.82, 2.24) is 0 Å². The second kappa shape index (κ2) is 11.3. The van der Waals surface area contributed by atoms with Gasteiger partial charge in [-0.1, -0.05) is 115 Å². The fourth-order valence-corrected chi connectivity index (χ4v) is 12.2. The van der Waals surface area contributed by atoms with Crippen molar-refractivity contribution in [2.75, 3.05) is 0 Å². The SMILES string of the molecule is c1ccc(Cc2ccccc2Oc2c3c4c(c5c2Sc2ccccc2O5)Oc2ccccc2S4(c2ccccc2)c2ccccc2O3)cc1. The van der Waals surface area contributed by atoms with Crippen molar-refractivity contribution >= 4 is 21.8 Å². The molecule has 0 fully saturated rings. The van der Waals surface area contributed by atoms with Gasteiger partial charge in [0.05, 0.1) is 9.79 Å². The lowest BCUT2D eigenvalue weighted by Gasteiger charge is -2.49. The zero-order valence-corrected chi connectivity index (χ0v) is 27.8. The molecular formula is C43H28O4S2. The highest BCUT2D eigenvalue weighted by molar-refractivity contribution is 8.34. The molecule has 1 unspecified atom stereocenters. The summed E-state index contributed by atoms with van der Waals surface area (Å²) in [6.07, 6.45) is 0.728. The van der Waals surface area contributed by atoms with Crippen LogP contribution in [-0.4, -0.2) is 0 Å². The monoisotopic (exact) mass is 672 g/mol. The Kier molecular flexibility index (Phi) is 6.54. The van der Waals surface area contributed by atoms with Gasteiger partial charge >= 0.3 is 0 Å². The third-order valence-corrected chi connectivity index (χ3v) is 14.2. The first-order valence-electron chi connectivity index (χ1n) is 16.2. The average molecular weight is 673 g/mol. The van der Waals surface area contributed by atoms with Crippen LogP contribution in [0, 0.1) is 0 Å². The lowest BCUT2D eigenvalue weighted by atomic mass is 10.0. The van der Waals surface area contributed by atoms with Gasteiger partial charge in [-0.05, 0) is 65.7 Å². The summed E-state index contributed by atoms with van der Waals surface area (Å²) < 4.78 is 28.1. The molecule has 0 aliphatic carbocycles. The van der Waals surface area contributed by atoms with Gasteiger partial charge in [0.15, 0.2) is 23.0 Å². The van der Waals surface area contributed by atoms with Crippen LogP contribution in [0.5, 0.6) is 46.0 Å². The third-order valence-electron chi connectivity index (χ3n) is 9.12. The molecule has 0 aromatic heterocycles. The minimum absolute atomic E-state index is 0.624. The maximum absolute atomic E-state index is 7.18. The van der Waals surface area contributed by atoms with Crippen molar-refractivity contribution in [3.63, 3.8) is 0 Å². The van der Waals surface area contributed by atoms with Crippen LogP contribution in [0.3, 0.4) is 0 Å². The Labute approximate surface area is 290 Å². The highest BCUT2D eigenvalue weighted by atomic mass is 32.3. The molecule has 0 saturated heterocycles. The molecule has 49 heavy (non-hydrogen) atoms. The molecule has 3 heterocycles. The van der Waals surface area contributed by atoms with Crippen molar-refractivity contribution in [2.45, 2.75) is 35.8 Å². The van der Waals surface area contributed by atoms with Crippen molar-refractivity contribution in [1.29, 1.82) is 0 Å². The Morgan fingerprint density at radius 1 is 0.510 bits per heavy atom. The van der Waals surface area contributed by atoms with Crippen LogP contribution in [0.1, 0.15) is 11.1 Å². The highest BCUT2D eigenvalue weighted by Gasteiger charge is 2.51. The normalized spacial score (nSPS) is 17.2. The summed E-state index contributed by atoms with van der Waals surface area (Å²) in [5.74, 6) is 5.77. The summed E-state index contributed by atoms with van der Waals surface area (Å²) >= 11 is 1.62. The second-order valence-electron chi connectivity index (χ2n) is 12.0. The van der Waals surface area contributed by atoms with Gasteiger partial charge in [0.25, 0.3) is 0 Å². The van der Waals surface area contributed by atoms with Crippen LogP contribution in [0.15, 0.2) is 187 Å². The Morgan fingerprint density at radius 2 is 1.08 bits per heavy atom. The maximum atomic E-state index is 7.18. The molecule has 0 amide bonds. The number of hydrogen-bond acceptors (Lipinski definition) is 5. The topological polar surface area (TPSA) is 36.9 Å². The molecular weight excluding hydrogens is 645 g/mol. The van der Waals surface area contributed by atoms with Gasteiger partial charge in [0, 0.05) is 21.1 Å². The summed E-state index contributed by atoms with van der Waals surface area (Å²) in [5.41, 5.74) is 2.29. The van der Waals surface area contributed by atoms with Gasteiger partial charge in [-0.15, -0.1) is 10.0 Å². The van der Waals surface area contributed by atoms with Gasteiger partial charge in [0.2, 0.25) is 0 Å². The fraction of sp³-hybridized carbons (Fsp3) is 0.0233. The lowest BCUT2D eigenvalue weighted by molar-refractivity contribution is 0.345. The molecule has 6 heteroatoms. The van der Waals surface area contributed by atoms with E-state index in [9.17, 15) is 0 Å². The van der Waals surface area contributed by atoms with E-state index < -0.39 is 10.0 Å². The summed E-state index contributed by atoms with van der Waals surface area (Å²) in [6.45, 7) is 0. The van der Waals surface area contributed by atoms with Crippen molar-refractivity contribution in [2.24, 2.45) is 0 Å². The number of rotatable bonds is 5. The van der Waals surface area contributed by atoms with E-state index in [2.05, 4.69) is 109 Å². The van der Waals surface area contributed by atoms with E-state index in [0.717, 1.165) is 59.5 Å². The lowest BCUT2D eigenvalue weighted by Crippen LogP contribution is -2.18. The van der Waals surface area contributed by atoms with Crippen molar-refractivity contribution < 1.29 is 18.9 Å². The van der Waals surface area contributed by atoms with E-state index in [1.807, 2.05) is 48.5 Å². The molecule has 0 radical (unpaired) electrons. The van der Waals surface area contributed by atoms with Gasteiger partial charge in [-0.25, -0.2) is 0 Å². The quantitative estimate of drug-likeness (QED) is 0.182. The summed E-state index contributed by atoms with van der Waals surface area (Å²) in [5, 5.41) is 0. The Bertz CT molecular complexity index is 2400. The smallest absolute Gasteiger partial charge is 0.189 e. The van der Waals surface area contributed by atoms with Crippen LogP contribution < -0.4 is 18.9 Å². The number of para-hydroxylation sites is 4. The summed E-state index contributed by atoms with van der Waals surface area (Å²) in [4.78, 5) is 6.18. The first-order chi connectivity index (χ1) is 24.3. The van der Waals surface area contributed by atoms with E-state index in [0.29, 0.717) is 23.0 Å². The molecule has 236 valence electrons. The zero-order valence-electron chi connectivity index (χ0n) is 26.2. The van der Waals surface area contributed by atoms with Crippen LogP contribution in [0.25, 0.3) is 0 Å². The second-order valence-corrected chi connectivity index (χ2v) is 16.1. The Hall–Kier alpha value is -5.56. The predicted molar refractivity (Wildman–Crippen MR) is 193 cm³/mol. The van der Waals surface area contributed by atoms with Gasteiger partial charge in [0.1, 0.15) is 27.9 Å². The number of ether oxygens (including phenoxy) is 4. The molecule has 7 aromatic carbocycles. The first-order valence-corrected chi connectivity index (χ1v) is 18.6. The molecule has 7 aromatic rings. The Balaban J connectivity index is 1.29. The highest BCUT2D eigenvalue weighted by Crippen LogP contribution is 2.86. The molecule has 1 atom stereocenters. The van der Waals surface area contributed by atoms with Crippen LogP contribution in [-0.2, 0) is 6.42 Å². The molecule has 3 aliphatic rings. The van der Waals surface area contributed by atoms with Crippen LogP contribution >= 0.6 is 21.8 Å². The van der Waals surface area contributed by atoms with E-state index in [1.54, 1.807) is 11.8 Å². The van der Waals surface area contributed by atoms with E-state index in [-0.39, 0.29) is 0 Å². The van der Waals surface area contributed by atoms with Gasteiger partial charge < -0.3 is 18.9 Å². The predicted octanol–water partition coefficient (Wildman–Crippen LogP) is 12.9. The van der Waals surface area contributed by atoms with Crippen LogP contribution in [0.4, 0.5) is 0 Å². The molecule has 4 nitrogen and oxygen atoms in total. The third kappa shape index (κ3) is 4.34. The average Bonchev–Trinajstić information content (AvgIpc) is 3.16. The van der Waals surface area contributed by atoms with Gasteiger partial charge in [-0.3, -0.25) is 0 Å². The summed E-state index contributed by atoms with van der Waals surface area (Å²) in [6, 6.07) is 54.4. The van der Waals surface area contributed by atoms with Crippen molar-refractivity contribution in [3.05, 3.63) is 169 Å². The van der Waals surface area contributed by atoms with Crippen LogP contribution in [0.2, 0.25) is 0 Å². The maximum Gasteiger partial charge on any atom is 0.189 e. The molecule has 0 bridgehead atoms. The zero-order chi connectivity index (χ0) is 32.4. The fourth-order valence-electron chi connectivity index (χ4n) is 7.00. The Morgan fingerprint density at radius 3 is 1.84 bits per heavy atom. The van der Waals surface area contributed by atoms with Gasteiger partial charge in [-0.2, -0.15) is 0 Å². The molecule has 0 saturated carbocycles. The minimum Gasteiger partial charge on any atom is -0.452 e. The number of hydrogen-bond donors (Lipinski definition) is 0. The van der Waals surface area contributed by atoms with E-state index in [1.165, 1.54) is 10.5 Å². The summed E-state index contributed by atoms with van der Waals surface area (Å²) in [7, 11) is -2.14.